The van der Waals surface area contributed by atoms with E-state index in [0.717, 1.165) is 30.4 Å². The highest BCUT2D eigenvalue weighted by Crippen LogP contribution is 2.40. The highest BCUT2D eigenvalue weighted by Gasteiger charge is 2.47. The van der Waals surface area contributed by atoms with Crippen molar-refractivity contribution in [3.05, 3.63) is 28.7 Å². The van der Waals surface area contributed by atoms with Crippen LogP contribution in [0.4, 0.5) is 10.5 Å². The molecule has 4 nitrogen and oxygen atoms in total. The lowest BCUT2D eigenvalue weighted by Crippen LogP contribution is -2.64. The fourth-order valence-corrected chi connectivity index (χ4v) is 3.50. The first-order valence-corrected chi connectivity index (χ1v) is 7.36. The molecule has 0 aliphatic carbocycles. The monoisotopic (exact) mass is 324 g/mol. The Morgan fingerprint density at radius 1 is 1.21 bits per heavy atom. The van der Waals surface area contributed by atoms with Crippen LogP contribution in [0.25, 0.3) is 0 Å². The Hall–Kier alpha value is -1.23. The molecule has 2 heterocycles. The molecular weight excluding hydrogens is 308 g/mol. The number of amides is 1. The third kappa shape index (κ3) is 2.43. The number of halogens is 1. The molecule has 2 fully saturated rings. The maximum atomic E-state index is 10.9. The van der Waals surface area contributed by atoms with Gasteiger partial charge in [0.25, 0.3) is 0 Å². The second-order valence-corrected chi connectivity index (χ2v) is 6.56. The lowest BCUT2D eigenvalue weighted by atomic mass is 9.73. The largest absolute Gasteiger partial charge is 0.465 e. The number of benzene rings is 1. The number of hydrogen-bond donors (Lipinski definition) is 1. The van der Waals surface area contributed by atoms with Gasteiger partial charge in [-0.3, -0.25) is 0 Å². The summed E-state index contributed by atoms with van der Waals surface area (Å²) in [5.74, 6) is 0. The van der Waals surface area contributed by atoms with Crippen LogP contribution in [0.5, 0.6) is 0 Å². The quantitative estimate of drug-likeness (QED) is 0.863. The van der Waals surface area contributed by atoms with Gasteiger partial charge in [0.2, 0.25) is 0 Å². The molecule has 5 heteroatoms. The summed E-state index contributed by atoms with van der Waals surface area (Å²) in [4.78, 5) is 14.8. The van der Waals surface area contributed by atoms with Crippen LogP contribution < -0.4 is 4.90 Å². The van der Waals surface area contributed by atoms with E-state index < -0.39 is 6.09 Å². The highest BCUT2D eigenvalue weighted by molar-refractivity contribution is 9.10. The molecule has 102 valence electrons. The van der Waals surface area contributed by atoms with E-state index in [0.29, 0.717) is 13.1 Å². The molecular formula is C14H17BrN2O2. The molecule has 0 saturated carbocycles. The van der Waals surface area contributed by atoms with Gasteiger partial charge in [-0.15, -0.1) is 0 Å². The zero-order valence-corrected chi connectivity index (χ0v) is 12.3. The van der Waals surface area contributed by atoms with Gasteiger partial charge < -0.3 is 14.9 Å². The molecule has 3 rings (SSSR count). The van der Waals surface area contributed by atoms with Crippen molar-refractivity contribution < 1.29 is 9.90 Å². The minimum Gasteiger partial charge on any atom is -0.465 e. The van der Waals surface area contributed by atoms with Crippen molar-refractivity contribution in [2.45, 2.75) is 12.8 Å². The van der Waals surface area contributed by atoms with E-state index in [1.54, 1.807) is 0 Å². The molecule has 2 saturated heterocycles. The maximum Gasteiger partial charge on any atom is 0.407 e. The number of hydrogen-bond acceptors (Lipinski definition) is 2. The summed E-state index contributed by atoms with van der Waals surface area (Å²) in [5, 5.41) is 8.97. The summed E-state index contributed by atoms with van der Waals surface area (Å²) < 4.78 is 1.09. The molecule has 0 bridgehead atoms. The third-order valence-corrected chi connectivity index (χ3v) is 4.70. The summed E-state index contributed by atoms with van der Waals surface area (Å²) in [6.07, 6.45) is 1.50. The molecule has 0 unspecified atom stereocenters. The predicted molar refractivity (Wildman–Crippen MR) is 77.6 cm³/mol. The maximum absolute atomic E-state index is 10.9. The summed E-state index contributed by atoms with van der Waals surface area (Å²) >= 11 is 3.45. The van der Waals surface area contributed by atoms with E-state index in [-0.39, 0.29) is 5.41 Å². The number of piperidine rings is 1. The molecule has 1 aromatic carbocycles. The number of carbonyl (C=O) groups is 1. The van der Waals surface area contributed by atoms with Gasteiger partial charge in [0.05, 0.1) is 0 Å². The minimum absolute atomic E-state index is 0.184. The molecule has 1 amide bonds. The fraction of sp³-hybridized carbons (Fsp3) is 0.500. The number of carboxylic acid groups (broad SMARTS) is 1. The van der Waals surface area contributed by atoms with Crippen LogP contribution in [-0.4, -0.2) is 42.3 Å². The van der Waals surface area contributed by atoms with Gasteiger partial charge in [-0.25, -0.2) is 4.79 Å². The molecule has 0 atom stereocenters. The van der Waals surface area contributed by atoms with Crippen molar-refractivity contribution in [2.24, 2.45) is 5.41 Å². The Kier molecular flexibility index (Phi) is 3.17. The van der Waals surface area contributed by atoms with Gasteiger partial charge >= 0.3 is 6.09 Å². The lowest BCUT2D eigenvalue weighted by molar-refractivity contribution is 0.000917. The first-order valence-electron chi connectivity index (χ1n) is 6.56. The van der Waals surface area contributed by atoms with Crippen molar-refractivity contribution >= 4 is 27.7 Å². The standard InChI is InChI=1S/C14H17BrN2O2/c15-11-2-4-12(5-3-11)16-7-1-6-14(8-16)9-17(10-14)13(18)19/h2-5H,1,6-10H2,(H,18,19). The molecule has 0 radical (unpaired) electrons. The van der Waals surface area contributed by atoms with E-state index >= 15 is 0 Å². The van der Waals surface area contributed by atoms with E-state index in [1.165, 1.54) is 10.6 Å². The van der Waals surface area contributed by atoms with Crippen LogP contribution in [-0.2, 0) is 0 Å². The minimum atomic E-state index is -0.786. The van der Waals surface area contributed by atoms with Crippen molar-refractivity contribution in [3.8, 4) is 0 Å². The normalized spacial score (nSPS) is 21.3. The molecule has 1 spiro atoms. The lowest BCUT2D eigenvalue weighted by Gasteiger charge is -2.54. The van der Waals surface area contributed by atoms with Gasteiger partial charge in [-0.05, 0) is 37.1 Å². The summed E-state index contributed by atoms with van der Waals surface area (Å²) in [6.45, 7) is 3.42. The Bertz CT molecular complexity index is 483. The van der Waals surface area contributed by atoms with Crippen LogP contribution in [0.1, 0.15) is 12.8 Å². The molecule has 1 N–H and O–H groups in total. The molecule has 1 aromatic rings. The zero-order chi connectivity index (χ0) is 13.5. The van der Waals surface area contributed by atoms with Crippen LogP contribution in [0.2, 0.25) is 0 Å². The first-order chi connectivity index (χ1) is 9.08. The first kappa shape index (κ1) is 12.8. The highest BCUT2D eigenvalue weighted by atomic mass is 79.9. The fourth-order valence-electron chi connectivity index (χ4n) is 3.24. The summed E-state index contributed by atoms with van der Waals surface area (Å²) in [6, 6.07) is 8.36. The van der Waals surface area contributed by atoms with E-state index in [2.05, 4.69) is 45.1 Å². The summed E-state index contributed by atoms with van der Waals surface area (Å²) in [5.41, 5.74) is 1.42. The van der Waals surface area contributed by atoms with Gasteiger partial charge in [0.1, 0.15) is 0 Å². The van der Waals surface area contributed by atoms with Crippen LogP contribution in [0, 0.1) is 5.41 Å². The van der Waals surface area contributed by atoms with E-state index in [1.807, 2.05) is 0 Å². The Balaban J connectivity index is 1.69. The molecule has 19 heavy (non-hydrogen) atoms. The third-order valence-electron chi connectivity index (χ3n) is 4.18. The zero-order valence-electron chi connectivity index (χ0n) is 10.7. The Morgan fingerprint density at radius 2 is 1.89 bits per heavy atom. The number of rotatable bonds is 1. The summed E-state index contributed by atoms with van der Waals surface area (Å²) in [7, 11) is 0. The van der Waals surface area contributed by atoms with Crippen LogP contribution in [0.15, 0.2) is 28.7 Å². The number of anilines is 1. The topological polar surface area (TPSA) is 43.8 Å². The number of likely N-dealkylation sites (tertiary alicyclic amines) is 1. The van der Waals surface area contributed by atoms with Crippen LogP contribution >= 0.6 is 15.9 Å². The van der Waals surface area contributed by atoms with Crippen LogP contribution in [0.3, 0.4) is 0 Å². The molecule has 0 aromatic heterocycles. The Labute approximate surface area is 121 Å². The van der Waals surface area contributed by atoms with Crippen molar-refractivity contribution in [3.63, 3.8) is 0 Å². The molecule has 2 aliphatic heterocycles. The van der Waals surface area contributed by atoms with E-state index in [4.69, 9.17) is 5.11 Å². The smallest absolute Gasteiger partial charge is 0.407 e. The van der Waals surface area contributed by atoms with E-state index in [9.17, 15) is 4.79 Å². The average molecular weight is 325 g/mol. The van der Waals surface area contributed by atoms with Gasteiger partial charge in [0.15, 0.2) is 0 Å². The van der Waals surface area contributed by atoms with Crippen molar-refractivity contribution in [1.82, 2.24) is 4.90 Å². The Morgan fingerprint density at radius 3 is 2.53 bits per heavy atom. The van der Waals surface area contributed by atoms with Gasteiger partial charge in [-0.2, -0.15) is 0 Å². The van der Waals surface area contributed by atoms with Gasteiger partial charge in [0, 0.05) is 41.8 Å². The van der Waals surface area contributed by atoms with Crippen molar-refractivity contribution in [1.29, 1.82) is 0 Å². The molecule has 2 aliphatic rings. The second kappa shape index (κ2) is 4.71. The average Bonchev–Trinajstić information content (AvgIpc) is 2.36. The van der Waals surface area contributed by atoms with Gasteiger partial charge in [-0.1, -0.05) is 15.9 Å². The number of nitrogens with zero attached hydrogens (tertiary/aromatic N) is 2. The SMILES string of the molecule is O=C(O)N1CC2(CCCN(c3ccc(Br)cc3)C2)C1. The second-order valence-electron chi connectivity index (χ2n) is 5.64. The van der Waals surface area contributed by atoms with Crippen molar-refractivity contribution in [2.75, 3.05) is 31.1 Å². The predicted octanol–water partition coefficient (Wildman–Crippen LogP) is 3.03.